The van der Waals surface area contributed by atoms with Gasteiger partial charge in [0, 0.05) is 19.6 Å². The predicted molar refractivity (Wildman–Crippen MR) is 82.2 cm³/mol. The third-order valence-corrected chi connectivity index (χ3v) is 3.11. The smallest absolute Gasteiger partial charge is 0.120 e. The van der Waals surface area contributed by atoms with Crippen molar-refractivity contribution in [3.63, 3.8) is 0 Å². The van der Waals surface area contributed by atoms with Gasteiger partial charge in [0.25, 0.3) is 0 Å². The minimum Gasteiger partial charge on any atom is -0.491 e. The van der Waals surface area contributed by atoms with Crippen LogP contribution in [-0.4, -0.2) is 37.2 Å². The molecule has 0 atom stereocenters. The van der Waals surface area contributed by atoms with Gasteiger partial charge in [0.1, 0.15) is 5.75 Å². The highest BCUT2D eigenvalue weighted by molar-refractivity contribution is 5.85. The van der Waals surface area contributed by atoms with Crippen LogP contribution in [0.4, 0.5) is 0 Å². The first-order chi connectivity index (χ1) is 8.74. The second-order valence-corrected chi connectivity index (χ2v) is 5.19. The maximum atomic E-state index is 5.74. The van der Waals surface area contributed by atoms with Crippen LogP contribution in [0, 0.1) is 0 Å². The molecule has 108 valence electrons. The molecule has 1 aliphatic rings. The first-order valence-electron chi connectivity index (χ1n) is 6.93. The molecule has 1 aromatic carbocycles. The Labute approximate surface area is 122 Å². The van der Waals surface area contributed by atoms with Gasteiger partial charge in [-0.3, -0.25) is 4.90 Å². The summed E-state index contributed by atoms with van der Waals surface area (Å²) >= 11 is 0. The average molecular weight is 285 g/mol. The maximum absolute atomic E-state index is 5.74. The molecule has 0 spiro atoms. The molecule has 0 amide bonds. The Morgan fingerprint density at radius 2 is 2.11 bits per heavy atom. The van der Waals surface area contributed by atoms with Crippen LogP contribution in [0.2, 0.25) is 0 Å². The van der Waals surface area contributed by atoms with Crippen molar-refractivity contribution in [3.05, 3.63) is 29.8 Å². The lowest BCUT2D eigenvalue weighted by Gasteiger charge is -2.20. The van der Waals surface area contributed by atoms with Gasteiger partial charge in [0.05, 0.1) is 6.10 Å². The van der Waals surface area contributed by atoms with Crippen molar-refractivity contribution in [2.75, 3.05) is 26.2 Å². The molecule has 1 fully saturated rings. The van der Waals surface area contributed by atoms with Crippen molar-refractivity contribution in [1.29, 1.82) is 0 Å². The van der Waals surface area contributed by atoms with Gasteiger partial charge in [0.15, 0.2) is 0 Å². The fraction of sp³-hybridized carbons (Fsp3) is 0.600. The quantitative estimate of drug-likeness (QED) is 0.920. The number of halogens is 1. The van der Waals surface area contributed by atoms with E-state index in [9.17, 15) is 0 Å². The normalized spacial score (nSPS) is 16.8. The zero-order valence-corrected chi connectivity index (χ0v) is 12.7. The van der Waals surface area contributed by atoms with Crippen LogP contribution in [0.5, 0.6) is 5.75 Å². The second-order valence-electron chi connectivity index (χ2n) is 5.19. The van der Waals surface area contributed by atoms with Gasteiger partial charge in [-0.15, -0.1) is 12.4 Å². The van der Waals surface area contributed by atoms with Gasteiger partial charge >= 0.3 is 0 Å². The minimum atomic E-state index is 0. The fourth-order valence-corrected chi connectivity index (χ4v) is 2.31. The van der Waals surface area contributed by atoms with E-state index in [1.807, 2.05) is 6.07 Å². The monoisotopic (exact) mass is 284 g/mol. The molecule has 4 heteroatoms. The van der Waals surface area contributed by atoms with Gasteiger partial charge < -0.3 is 10.1 Å². The number of nitrogens with one attached hydrogen (secondary N) is 1. The largest absolute Gasteiger partial charge is 0.491 e. The Bertz CT molecular complexity index is 363. The molecule has 0 aliphatic carbocycles. The molecule has 0 radical (unpaired) electrons. The van der Waals surface area contributed by atoms with E-state index >= 15 is 0 Å². The molecule has 1 heterocycles. The number of ether oxygens (including phenoxy) is 1. The third kappa shape index (κ3) is 5.81. The van der Waals surface area contributed by atoms with Crippen LogP contribution in [0.25, 0.3) is 0 Å². The summed E-state index contributed by atoms with van der Waals surface area (Å²) in [7, 11) is 0. The summed E-state index contributed by atoms with van der Waals surface area (Å²) in [4.78, 5) is 2.51. The summed E-state index contributed by atoms with van der Waals surface area (Å²) in [6.45, 7) is 9.71. The molecule has 1 saturated heterocycles. The molecule has 3 nitrogen and oxygen atoms in total. The number of hydrogen-bond acceptors (Lipinski definition) is 3. The lowest BCUT2D eigenvalue weighted by atomic mass is 10.2. The van der Waals surface area contributed by atoms with Gasteiger partial charge in [0.2, 0.25) is 0 Å². The minimum absolute atomic E-state index is 0. The molecule has 0 bridgehead atoms. The summed E-state index contributed by atoms with van der Waals surface area (Å²) in [6.07, 6.45) is 1.48. The Morgan fingerprint density at radius 3 is 2.89 bits per heavy atom. The topological polar surface area (TPSA) is 24.5 Å². The van der Waals surface area contributed by atoms with E-state index in [1.165, 1.54) is 18.5 Å². The highest BCUT2D eigenvalue weighted by atomic mass is 35.5. The molecule has 19 heavy (non-hydrogen) atoms. The zero-order valence-electron chi connectivity index (χ0n) is 11.9. The zero-order chi connectivity index (χ0) is 12.8. The number of rotatable bonds is 4. The van der Waals surface area contributed by atoms with E-state index in [0.29, 0.717) is 0 Å². The van der Waals surface area contributed by atoms with E-state index in [0.717, 1.165) is 31.9 Å². The van der Waals surface area contributed by atoms with Gasteiger partial charge in [-0.05, 0) is 51.1 Å². The summed E-state index contributed by atoms with van der Waals surface area (Å²) in [5, 5.41) is 3.43. The Kier molecular flexibility index (Phi) is 7.21. The van der Waals surface area contributed by atoms with E-state index < -0.39 is 0 Å². The van der Waals surface area contributed by atoms with E-state index in [2.05, 4.69) is 42.3 Å². The predicted octanol–water partition coefficient (Wildman–Crippen LogP) is 2.69. The first-order valence-corrected chi connectivity index (χ1v) is 6.93. The molecule has 1 N–H and O–H groups in total. The standard InChI is InChI=1S/C15H24N2O.ClH/c1-13(2)18-15-6-3-5-14(11-15)12-17-9-4-7-16-8-10-17;/h3,5-6,11,13,16H,4,7-10,12H2,1-2H3;1H. The van der Waals surface area contributed by atoms with Gasteiger partial charge in [-0.2, -0.15) is 0 Å². The van der Waals surface area contributed by atoms with Crippen LogP contribution in [0.15, 0.2) is 24.3 Å². The molecule has 1 aromatic rings. The summed E-state index contributed by atoms with van der Waals surface area (Å²) in [5.41, 5.74) is 1.34. The fourth-order valence-electron chi connectivity index (χ4n) is 2.31. The second kappa shape index (κ2) is 8.41. The van der Waals surface area contributed by atoms with Crippen molar-refractivity contribution in [2.45, 2.75) is 32.9 Å². The van der Waals surface area contributed by atoms with E-state index in [-0.39, 0.29) is 18.5 Å². The molecule has 0 saturated carbocycles. The van der Waals surface area contributed by atoms with Crippen LogP contribution in [0.1, 0.15) is 25.8 Å². The van der Waals surface area contributed by atoms with Gasteiger partial charge in [-0.1, -0.05) is 12.1 Å². The number of nitrogens with zero attached hydrogens (tertiary/aromatic N) is 1. The Morgan fingerprint density at radius 1 is 1.26 bits per heavy atom. The van der Waals surface area contributed by atoms with Crippen molar-refractivity contribution in [1.82, 2.24) is 10.2 Å². The summed E-state index contributed by atoms with van der Waals surface area (Å²) in [5.74, 6) is 0.982. The van der Waals surface area contributed by atoms with Crippen molar-refractivity contribution in [2.24, 2.45) is 0 Å². The van der Waals surface area contributed by atoms with Gasteiger partial charge in [-0.25, -0.2) is 0 Å². The molecule has 0 aromatic heterocycles. The van der Waals surface area contributed by atoms with Crippen molar-refractivity contribution >= 4 is 12.4 Å². The number of hydrogen-bond donors (Lipinski definition) is 1. The highest BCUT2D eigenvalue weighted by Crippen LogP contribution is 2.16. The SMILES string of the molecule is CC(C)Oc1cccc(CN2CCCNCC2)c1.Cl. The maximum Gasteiger partial charge on any atom is 0.120 e. The van der Waals surface area contributed by atoms with E-state index in [4.69, 9.17) is 4.74 Å². The summed E-state index contributed by atoms with van der Waals surface area (Å²) in [6, 6.07) is 8.47. The van der Waals surface area contributed by atoms with Crippen LogP contribution in [0.3, 0.4) is 0 Å². The molecular formula is C15H25ClN2O. The Hall–Kier alpha value is -0.770. The highest BCUT2D eigenvalue weighted by Gasteiger charge is 2.09. The Balaban J connectivity index is 0.00000180. The molecular weight excluding hydrogens is 260 g/mol. The van der Waals surface area contributed by atoms with E-state index in [1.54, 1.807) is 0 Å². The van der Waals surface area contributed by atoms with Crippen molar-refractivity contribution in [3.8, 4) is 5.75 Å². The molecule has 0 unspecified atom stereocenters. The van der Waals surface area contributed by atoms with Crippen molar-refractivity contribution < 1.29 is 4.74 Å². The third-order valence-electron chi connectivity index (χ3n) is 3.11. The molecule has 2 rings (SSSR count). The average Bonchev–Trinajstić information content (AvgIpc) is 2.57. The lowest BCUT2D eigenvalue weighted by Crippen LogP contribution is -2.27. The molecule has 1 aliphatic heterocycles. The lowest BCUT2D eigenvalue weighted by molar-refractivity contribution is 0.241. The van der Waals surface area contributed by atoms with Crippen LogP contribution in [-0.2, 0) is 6.54 Å². The van der Waals surface area contributed by atoms with Crippen LogP contribution < -0.4 is 10.1 Å². The summed E-state index contributed by atoms with van der Waals surface area (Å²) < 4.78 is 5.74. The number of benzene rings is 1. The first kappa shape index (κ1) is 16.3. The van der Waals surface area contributed by atoms with Crippen LogP contribution >= 0.6 is 12.4 Å².